The van der Waals surface area contributed by atoms with Crippen molar-refractivity contribution in [3.8, 4) is 0 Å². The summed E-state index contributed by atoms with van der Waals surface area (Å²) in [6, 6.07) is 6.35. The van der Waals surface area contributed by atoms with Crippen LogP contribution < -0.4 is 4.72 Å². The van der Waals surface area contributed by atoms with Gasteiger partial charge >= 0.3 is 5.97 Å². The summed E-state index contributed by atoms with van der Waals surface area (Å²) in [6.07, 6.45) is 3.69. The van der Waals surface area contributed by atoms with Gasteiger partial charge in [-0.2, -0.15) is 0 Å². The van der Waals surface area contributed by atoms with Crippen LogP contribution in [0.15, 0.2) is 33.6 Å². The third-order valence-corrected chi connectivity index (χ3v) is 5.86. The van der Waals surface area contributed by atoms with Gasteiger partial charge in [0.25, 0.3) is 0 Å². The molecule has 1 aliphatic rings. The number of carbonyl (C=O) groups is 1. The fourth-order valence-electron chi connectivity index (χ4n) is 2.65. The van der Waals surface area contributed by atoms with E-state index in [0.717, 1.165) is 19.3 Å². The van der Waals surface area contributed by atoms with Gasteiger partial charge in [0.2, 0.25) is 10.0 Å². The molecular weight excluding hydrogens is 358 g/mol. The van der Waals surface area contributed by atoms with Crippen molar-refractivity contribution in [2.75, 3.05) is 6.54 Å². The van der Waals surface area contributed by atoms with E-state index in [9.17, 15) is 18.3 Å². The molecule has 21 heavy (non-hydrogen) atoms. The summed E-state index contributed by atoms with van der Waals surface area (Å²) in [5, 5.41) is 9.46. The summed E-state index contributed by atoms with van der Waals surface area (Å²) < 4.78 is 27.7. The summed E-state index contributed by atoms with van der Waals surface area (Å²) in [5.74, 6) is -0.917. The number of hydrogen-bond acceptors (Lipinski definition) is 3. The number of rotatable bonds is 5. The van der Waals surface area contributed by atoms with Crippen molar-refractivity contribution in [3.63, 3.8) is 0 Å². The Morgan fingerprint density at radius 2 is 1.95 bits per heavy atom. The van der Waals surface area contributed by atoms with E-state index in [1.54, 1.807) is 12.1 Å². The van der Waals surface area contributed by atoms with Gasteiger partial charge in [0, 0.05) is 11.0 Å². The molecule has 0 radical (unpaired) electrons. The Hall–Kier alpha value is -0.920. The molecule has 1 saturated carbocycles. The molecule has 1 aliphatic carbocycles. The van der Waals surface area contributed by atoms with Crippen LogP contribution in [0.2, 0.25) is 0 Å². The Morgan fingerprint density at radius 3 is 2.52 bits per heavy atom. The van der Waals surface area contributed by atoms with E-state index in [-0.39, 0.29) is 11.4 Å². The molecule has 0 saturated heterocycles. The van der Waals surface area contributed by atoms with Gasteiger partial charge in [-0.05, 0) is 31.0 Å². The lowest BCUT2D eigenvalue weighted by atomic mass is 9.74. The molecule has 116 valence electrons. The lowest BCUT2D eigenvalue weighted by Gasteiger charge is -2.33. The quantitative estimate of drug-likeness (QED) is 0.828. The van der Waals surface area contributed by atoms with Crippen LogP contribution in [0.5, 0.6) is 0 Å². The molecule has 0 bridgehead atoms. The normalized spacial score (nSPS) is 18.3. The topological polar surface area (TPSA) is 83.5 Å². The maximum Gasteiger partial charge on any atom is 0.310 e. The van der Waals surface area contributed by atoms with Crippen molar-refractivity contribution in [3.05, 3.63) is 28.7 Å². The van der Waals surface area contributed by atoms with E-state index < -0.39 is 21.4 Å². The predicted molar refractivity (Wildman–Crippen MR) is 82.5 cm³/mol. The van der Waals surface area contributed by atoms with Crippen molar-refractivity contribution in [1.82, 2.24) is 4.72 Å². The number of sulfonamides is 1. The highest BCUT2D eigenvalue weighted by Gasteiger charge is 2.40. The second kappa shape index (κ2) is 6.46. The van der Waals surface area contributed by atoms with Crippen molar-refractivity contribution < 1.29 is 18.3 Å². The molecule has 0 spiro atoms. The van der Waals surface area contributed by atoms with Crippen molar-refractivity contribution in [2.24, 2.45) is 5.41 Å². The standard InChI is InChI=1S/C14H18BrNO4S/c15-11-5-4-6-12(9-11)21(19,20)16-10-14(13(17)18)7-2-1-3-8-14/h4-6,9,16H,1-3,7-8,10H2,(H,17,18). The number of aliphatic carboxylic acids is 1. The molecule has 0 aliphatic heterocycles. The molecular formula is C14H18BrNO4S. The van der Waals surface area contributed by atoms with Gasteiger partial charge in [-0.15, -0.1) is 0 Å². The average Bonchev–Trinajstić information content (AvgIpc) is 2.46. The fraction of sp³-hybridized carbons (Fsp3) is 0.500. The molecule has 1 aromatic rings. The fourth-order valence-corrected chi connectivity index (χ4v) is 4.37. The molecule has 5 nitrogen and oxygen atoms in total. The molecule has 0 atom stereocenters. The summed E-state index contributed by atoms with van der Waals surface area (Å²) in [6.45, 7) is -0.0584. The SMILES string of the molecule is O=C(O)C1(CNS(=O)(=O)c2cccc(Br)c2)CCCCC1. The smallest absolute Gasteiger partial charge is 0.310 e. The Kier molecular flexibility index (Phi) is 5.06. The van der Waals surface area contributed by atoms with E-state index in [4.69, 9.17) is 0 Å². The van der Waals surface area contributed by atoms with Gasteiger partial charge in [0.1, 0.15) is 0 Å². The highest BCUT2D eigenvalue weighted by molar-refractivity contribution is 9.10. The zero-order valence-corrected chi connectivity index (χ0v) is 13.9. The first-order chi connectivity index (χ1) is 9.86. The summed E-state index contributed by atoms with van der Waals surface area (Å²) in [7, 11) is -3.70. The van der Waals surface area contributed by atoms with E-state index in [0.29, 0.717) is 17.3 Å². The molecule has 0 aromatic heterocycles. The Morgan fingerprint density at radius 1 is 1.29 bits per heavy atom. The van der Waals surface area contributed by atoms with Crippen LogP contribution in [-0.2, 0) is 14.8 Å². The summed E-state index contributed by atoms with van der Waals surface area (Å²) >= 11 is 3.23. The molecule has 1 fully saturated rings. The molecule has 2 rings (SSSR count). The molecule has 2 N–H and O–H groups in total. The highest BCUT2D eigenvalue weighted by atomic mass is 79.9. The van der Waals surface area contributed by atoms with Crippen LogP contribution >= 0.6 is 15.9 Å². The molecule has 1 aromatic carbocycles. The van der Waals surface area contributed by atoms with Gasteiger partial charge in [-0.3, -0.25) is 4.79 Å². The zero-order chi connectivity index (χ0) is 15.5. The summed E-state index contributed by atoms with van der Waals surface area (Å²) in [5.41, 5.74) is -0.975. The van der Waals surface area contributed by atoms with Gasteiger partial charge in [-0.25, -0.2) is 13.1 Å². The highest BCUT2D eigenvalue weighted by Crippen LogP contribution is 2.36. The van der Waals surface area contributed by atoms with Crippen LogP contribution in [0.1, 0.15) is 32.1 Å². The third kappa shape index (κ3) is 3.84. The largest absolute Gasteiger partial charge is 0.481 e. The molecule has 0 heterocycles. The van der Waals surface area contributed by atoms with Crippen LogP contribution in [0.25, 0.3) is 0 Å². The van der Waals surface area contributed by atoms with Crippen LogP contribution in [-0.4, -0.2) is 26.0 Å². The number of nitrogens with one attached hydrogen (secondary N) is 1. The van der Waals surface area contributed by atoms with Crippen LogP contribution in [0, 0.1) is 5.41 Å². The molecule has 7 heteroatoms. The van der Waals surface area contributed by atoms with Gasteiger partial charge < -0.3 is 5.11 Å². The maximum atomic E-state index is 12.3. The van der Waals surface area contributed by atoms with E-state index >= 15 is 0 Å². The Bertz CT molecular complexity index is 624. The Balaban J connectivity index is 2.15. The monoisotopic (exact) mass is 375 g/mol. The first-order valence-corrected chi connectivity index (χ1v) is 9.12. The minimum Gasteiger partial charge on any atom is -0.481 e. The van der Waals surface area contributed by atoms with Gasteiger partial charge in [-0.1, -0.05) is 41.3 Å². The van der Waals surface area contributed by atoms with E-state index in [1.807, 2.05) is 0 Å². The van der Waals surface area contributed by atoms with E-state index in [2.05, 4.69) is 20.7 Å². The second-order valence-corrected chi connectivity index (χ2v) is 8.11. The minimum atomic E-state index is -3.70. The first kappa shape index (κ1) is 16.5. The number of hydrogen-bond donors (Lipinski definition) is 2. The number of benzene rings is 1. The zero-order valence-electron chi connectivity index (χ0n) is 11.5. The second-order valence-electron chi connectivity index (χ2n) is 5.43. The van der Waals surface area contributed by atoms with Gasteiger partial charge in [0.15, 0.2) is 0 Å². The summed E-state index contributed by atoms with van der Waals surface area (Å²) in [4.78, 5) is 11.7. The van der Waals surface area contributed by atoms with Gasteiger partial charge in [0.05, 0.1) is 10.3 Å². The molecule has 0 amide bonds. The first-order valence-electron chi connectivity index (χ1n) is 6.84. The lowest BCUT2D eigenvalue weighted by molar-refractivity contribution is -0.150. The third-order valence-electron chi connectivity index (χ3n) is 3.97. The Labute approximate surface area is 132 Å². The van der Waals surface area contributed by atoms with Crippen LogP contribution in [0.3, 0.4) is 0 Å². The average molecular weight is 376 g/mol. The van der Waals surface area contributed by atoms with Crippen molar-refractivity contribution in [2.45, 2.75) is 37.0 Å². The molecule has 0 unspecified atom stereocenters. The van der Waals surface area contributed by atoms with Crippen molar-refractivity contribution in [1.29, 1.82) is 0 Å². The van der Waals surface area contributed by atoms with Crippen LogP contribution in [0.4, 0.5) is 0 Å². The van der Waals surface area contributed by atoms with Crippen molar-refractivity contribution >= 4 is 31.9 Å². The predicted octanol–water partition coefficient (Wildman–Crippen LogP) is 2.76. The maximum absolute atomic E-state index is 12.3. The minimum absolute atomic E-state index is 0.0584. The number of carboxylic acids is 1. The number of carboxylic acid groups (broad SMARTS) is 1. The lowest BCUT2D eigenvalue weighted by Crippen LogP contribution is -2.44. The number of halogens is 1. The van der Waals surface area contributed by atoms with E-state index in [1.165, 1.54) is 12.1 Å².